The van der Waals surface area contributed by atoms with Crippen molar-refractivity contribution in [2.24, 2.45) is 7.05 Å². The summed E-state index contributed by atoms with van der Waals surface area (Å²) in [5.41, 5.74) is 7.61. The predicted octanol–water partition coefficient (Wildman–Crippen LogP) is 2.79. The summed E-state index contributed by atoms with van der Waals surface area (Å²) in [6.07, 6.45) is 1.58. The van der Waals surface area contributed by atoms with E-state index in [4.69, 9.17) is 5.73 Å². The van der Waals surface area contributed by atoms with Gasteiger partial charge in [-0.25, -0.2) is 0 Å². The lowest BCUT2D eigenvalue weighted by atomic mass is 10.1. The largest absolute Gasteiger partial charge is 0.398 e. The van der Waals surface area contributed by atoms with E-state index in [1.165, 1.54) is 0 Å². The summed E-state index contributed by atoms with van der Waals surface area (Å²) >= 11 is 0. The zero-order valence-corrected chi connectivity index (χ0v) is 13.7. The number of pyridine rings is 1. The van der Waals surface area contributed by atoms with Crippen LogP contribution in [0.1, 0.15) is 17.3 Å². The van der Waals surface area contributed by atoms with Crippen molar-refractivity contribution in [2.45, 2.75) is 6.92 Å². The lowest BCUT2D eigenvalue weighted by Gasteiger charge is -2.21. The highest BCUT2D eigenvalue weighted by Gasteiger charge is 2.21. The molecule has 3 rings (SSSR count). The van der Waals surface area contributed by atoms with Crippen LogP contribution in [0, 0.1) is 0 Å². The van der Waals surface area contributed by atoms with Crippen molar-refractivity contribution in [3.8, 4) is 0 Å². The van der Waals surface area contributed by atoms with Crippen molar-refractivity contribution < 1.29 is 4.79 Å². The molecule has 0 aliphatic carbocycles. The number of nitrogens with two attached hydrogens (primary N) is 1. The van der Waals surface area contributed by atoms with Gasteiger partial charge in [0.1, 0.15) is 5.56 Å². The van der Waals surface area contributed by atoms with Crippen LogP contribution >= 0.6 is 0 Å². The van der Waals surface area contributed by atoms with E-state index in [1.807, 2.05) is 43.3 Å². The van der Waals surface area contributed by atoms with Crippen LogP contribution in [-0.4, -0.2) is 17.0 Å². The summed E-state index contributed by atoms with van der Waals surface area (Å²) < 4.78 is 1.76. The topological polar surface area (TPSA) is 68.3 Å². The fourth-order valence-electron chi connectivity index (χ4n) is 2.90. The van der Waals surface area contributed by atoms with Crippen LogP contribution in [0.5, 0.6) is 0 Å². The number of carbonyl (C=O) groups is 1. The summed E-state index contributed by atoms with van der Waals surface area (Å²) in [6.45, 7) is 2.35. The number of anilines is 2. The number of para-hydroxylation sites is 1. The van der Waals surface area contributed by atoms with E-state index in [-0.39, 0.29) is 16.9 Å². The quantitative estimate of drug-likeness (QED) is 0.754. The van der Waals surface area contributed by atoms with E-state index in [9.17, 15) is 9.59 Å². The Kier molecular flexibility index (Phi) is 4.08. The predicted molar refractivity (Wildman–Crippen MR) is 97.4 cm³/mol. The van der Waals surface area contributed by atoms with Crippen LogP contribution in [0.4, 0.5) is 11.4 Å². The molecule has 0 fully saturated rings. The maximum atomic E-state index is 13.0. The number of hydrogen-bond donors (Lipinski definition) is 1. The Morgan fingerprint density at radius 3 is 2.50 bits per heavy atom. The van der Waals surface area contributed by atoms with Crippen molar-refractivity contribution in [3.63, 3.8) is 0 Å². The Hall–Kier alpha value is -3.08. The number of aryl methyl sites for hydroxylation is 1. The first-order valence-corrected chi connectivity index (χ1v) is 7.79. The average molecular weight is 321 g/mol. The molecule has 0 bridgehead atoms. The van der Waals surface area contributed by atoms with Gasteiger partial charge in [-0.05, 0) is 31.2 Å². The normalized spacial score (nSPS) is 10.8. The van der Waals surface area contributed by atoms with Crippen LogP contribution in [0.3, 0.4) is 0 Å². The number of nitrogen functional groups attached to an aromatic ring is 1. The second kappa shape index (κ2) is 6.20. The van der Waals surface area contributed by atoms with Gasteiger partial charge in [-0.2, -0.15) is 0 Å². The van der Waals surface area contributed by atoms with E-state index in [1.54, 1.807) is 34.8 Å². The third kappa shape index (κ3) is 2.54. The van der Waals surface area contributed by atoms with E-state index in [0.29, 0.717) is 23.1 Å². The lowest BCUT2D eigenvalue weighted by molar-refractivity contribution is 0.0987. The zero-order chi connectivity index (χ0) is 17.3. The molecule has 0 aliphatic heterocycles. The van der Waals surface area contributed by atoms with Crippen molar-refractivity contribution in [3.05, 3.63) is 70.5 Å². The number of fused-ring (bicyclic) bond motifs is 1. The summed E-state index contributed by atoms with van der Waals surface area (Å²) in [5, 5.41) is 0.384. The minimum absolute atomic E-state index is 0.119. The molecular formula is C19H19N3O2. The van der Waals surface area contributed by atoms with Crippen molar-refractivity contribution in [1.29, 1.82) is 0 Å². The molecule has 0 aliphatic rings. The molecule has 0 saturated heterocycles. The molecule has 1 aromatic heterocycles. The third-order valence-corrected chi connectivity index (χ3v) is 4.11. The van der Waals surface area contributed by atoms with Gasteiger partial charge in [-0.3, -0.25) is 9.59 Å². The van der Waals surface area contributed by atoms with Gasteiger partial charge >= 0.3 is 0 Å². The van der Waals surface area contributed by atoms with E-state index in [2.05, 4.69) is 0 Å². The van der Waals surface area contributed by atoms with E-state index in [0.717, 1.165) is 5.69 Å². The number of aromatic nitrogens is 1. The molecule has 0 radical (unpaired) electrons. The first kappa shape index (κ1) is 15.8. The Bertz CT molecular complexity index is 962. The molecule has 3 aromatic rings. The number of benzene rings is 2. The number of nitrogens with zero attached hydrogens (tertiary/aromatic N) is 2. The second-order valence-electron chi connectivity index (χ2n) is 5.61. The maximum Gasteiger partial charge on any atom is 0.263 e. The molecule has 1 heterocycles. The SMILES string of the molecule is CCN(C(=O)c1cn(C)c2cccc(N)c2c1=O)c1ccccc1. The molecule has 2 aromatic carbocycles. The fourth-order valence-corrected chi connectivity index (χ4v) is 2.90. The minimum atomic E-state index is -0.333. The van der Waals surface area contributed by atoms with Gasteiger partial charge in [0.05, 0.1) is 10.9 Å². The van der Waals surface area contributed by atoms with Crippen molar-refractivity contribution in [2.75, 3.05) is 17.2 Å². The molecular weight excluding hydrogens is 302 g/mol. The summed E-state index contributed by atoms with van der Waals surface area (Å²) in [7, 11) is 1.80. The molecule has 1 amide bonds. The minimum Gasteiger partial charge on any atom is -0.398 e. The smallest absolute Gasteiger partial charge is 0.263 e. The molecule has 2 N–H and O–H groups in total. The van der Waals surface area contributed by atoms with Gasteiger partial charge in [0.25, 0.3) is 5.91 Å². The average Bonchev–Trinajstić information content (AvgIpc) is 2.59. The molecule has 24 heavy (non-hydrogen) atoms. The van der Waals surface area contributed by atoms with Gasteiger partial charge in [0, 0.05) is 31.2 Å². The second-order valence-corrected chi connectivity index (χ2v) is 5.61. The van der Waals surface area contributed by atoms with Crippen LogP contribution in [0.15, 0.2) is 59.5 Å². The Morgan fingerprint density at radius 1 is 1.12 bits per heavy atom. The number of amides is 1. The van der Waals surface area contributed by atoms with E-state index >= 15 is 0 Å². The Balaban J connectivity index is 2.19. The van der Waals surface area contributed by atoms with Gasteiger partial charge in [0.15, 0.2) is 0 Å². The van der Waals surface area contributed by atoms with Crippen LogP contribution in [0.25, 0.3) is 10.9 Å². The van der Waals surface area contributed by atoms with Crippen LogP contribution in [-0.2, 0) is 7.05 Å². The summed E-state index contributed by atoms with van der Waals surface area (Å²) in [4.78, 5) is 27.4. The summed E-state index contributed by atoms with van der Waals surface area (Å²) in [6, 6.07) is 14.6. The molecule has 122 valence electrons. The Labute approximate surface area is 139 Å². The molecule has 0 spiro atoms. The monoisotopic (exact) mass is 321 g/mol. The van der Waals surface area contributed by atoms with Gasteiger partial charge in [-0.15, -0.1) is 0 Å². The maximum absolute atomic E-state index is 13.0. The molecule has 5 heteroatoms. The molecule has 0 saturated carbocycles. The lowest BCUT2D eigenvalue weighted by Crippen LogP contribution is -2.34. The zero-order valence-electron chi connectivity index (χ0n) is 13.7. The van der Waals surface area contributed by atoms with Crippen LogP contribution < -0.4 is 16.1 Å². The van der Waals surface area contributed by atoms with Gasteiger partial charge in [0.2, 0.25) is 5.43 Å². The van der Waals surface area contributed by atoms with Crippen molar-refractivity contribution in [1.82, 2.24) is 4.57 Å². The third-order valence-electron chi connectivity index (χ3n) is 4.11. The number of hydrogen-bond acceptors (Lipinski definition) is 3. The Morgan fingerprint density at radius 2 is 1.83 bits per heavy atom. The standard InChI is InChI=1S/C19H19N3O2/c1-3-22(13-8-5-4-6-9-13)19(24)14-12-21(2)16-11-7-10-15(20)17(16)18(14)23/h4-12H,3,20H2,1-2H3. The van der Waals surface area contributed by atoms with Crippen LogP contribution in [0.2, 0.25) is 0 Å². The van der Waals surface area contributed by atoms with E-state index < -0.39 is 0 Å². The molecule has 0 unspecified atom stereocenters. The molecule has 0 atom stereocenters. The first-order chi connectivity index (χ1) is 11.5. The first-order valence-electron chi connectivity index (χ1n) is 7.79. The number of rotatable bonds is 3. The number of carbonyl (C=O) groups excluding carboxylic acids is 1. The van der Waals surface area contributed by atoms with Crippen molar-refractivity contribution >= 4 is 28.2 Å². The fraction of sp³-hybridized carbons (Fsp3) is 0.158. The highest BCUT2D eigenvalue weighted by Crippen LogP contribution is 2.20. The highest BCUT2D eigenvalue weighted by molar-refractivity contribution is 6.08. The molecule has 5 nitrogen and oxygen atoms in total. The van der Waals surface area contributed by atoms with Gasteiger partial charge in [-0.1, -0.05) is 24.3 Å². The van der Waals surface area contributed by atoms with Gasteiger partial charge < -0.3 is 15.2 Å². The highest BCUT2D eigenvalue weighted by atomic mass is 16.2. The summed E-state index contributed by atoms with van der Waals surface area (Å²) in [5.74, 6) is -0.325.